The highest BCUT2D eigenvalue weighted by Crippen LogP contribution is 2.39. The summed E-state index contributed by atoms with van der Waals surface area (Å²) in [5, 5.41) is 0. The minimum Gasteiger partial charge on any atom is -0.301 e. The summed E-state index contributed by atoms with van der Waals surface area (Å²) in [5.74, 6) is 5.32. The number of sulfone groups is 1. The van der Waals surface area contributed by atoms with Gasteiger partial charge in [0, 0.05) is 5.92 Å². The van der Waals surface area contributed by atoms with E-state index in [9.17, 15) is 8.42 Å². The van der Waals surface area contributed by atoms with E-state index in [2.05, 4.69) is 0 Å². The summed E-state index contributed by atoms with van der Waals surface area (Å²) in [7, 11) is -2.96. The first-order chi connectivity index (χ1) is 5.83. The number of hydrogen-bond acceptors (Lipinski definition) is 4. The standard InChI is InChI=1S/C8H17NO3S/c1-6(12-9)7-4-5-13(10,11)8(7,2)3/h6-7H,4-5,9H2,1-3H3. The lowest BCUT2D eigenvalue weighted by atomic mass is 9.88. The maximum Gasteiger partial charge on any atom is 0.155 e. The van der Waals surface area contributed by atoms with Crippen LogP contribution in [0.1, 0.15) is 27.2 Å². The third kappa shape index (κ3) is 1.60. The van der Waals surface area contributed by atoms with Crippen LogP contribution in [0, 0.1) is 5.92 Å². The molecule has 4 nitrogen and oxygen atoms in total. The van der Waals surface area contributed by atoms with Crippen LogP contribution in [0.4, 0.5) is 0 Å². The van der Waals surface area contributed by atoms with E-state index >= 15 is 0 Å². The van der Waals surface area contributed by atoms with Gasteiger partial charge in [0.2, 0.25) is 0 Å². The van der Waals surface area contributed by atoms with Crippen molar-refractivity contribution >= 4 is 9.84 Å². The fourth-order valence-electron chi connectivity index (χ4n) is 2.02. The second kappa shape index (κ2) is 3.22. The van der Waals surface area contributed by atoms with Crippen LogP contribution in [0.5, 0.6) is 0 Å². The van der Waals surface area contributed by atoms with Crippen molar-refractivity contribution in [3.63, 3.8) is 0 Å². The van der Waals surface area contributed by atoms with Crippen molar-refractivity contribution in [2.75, 3.05) is 5.75 Å². The molecule has 1 aliphatic rings. The molecule has 2 N–H and O–H groups in total. The van der Waals surface area contributed by atoms with Crippen molar-refractivity contribution in [3.05, 3.63) is 0 Å². The topological polar surface area (TPSA) is 69.4 Å². The Morgan fingerprint density at radius 3 is 2.38 bits per heavy atom. The summed E-state index contributed by atoms with van der Waals surface area (Å²) in [6, 6.07) is 0. The smallest absolute Gasteiger partial charge is 0.155 e. The fourth-order valence-corrected chi connectivity index (χ4v) is 3.88. The van der Waals surface area contributed by atoms with Crippen LogP contribution < -0.4 is 5.90 Å². The van der Waals surface area contributed by atoms with Crippen LogP contribution >= 0.6 is 0 Å². The molecular weight excluding hydrogens is 190 g/mol. The quantitative estimate of drug-likeness (QED) is 0.669. The average Bonchev–Trinajstić information content (AvgIpc) is 2.22. The predicted octanol–water partition coefficient (Wildman–Crippen LogP) is 0.479. The van der Waals surface area contributed by atoms with Gasteiger partial charge in [-0.25, -0.2) is 14.3 Å². The van der Waals surface area contributed by atoms with E-state index in [1.165, 1.54) is 0 Å². The van der Waals surface area contributed by atoms with E-state index in [1.54, 1.807) is 13.8 Å². The van der Waals surface area contributed by atoms with Crippen LogP contribution in [0.2, 0.25) is 0 Å². The first-order valence-electron chi connectivity index (χ1n) is 4.41. The first kappa shape index (κ1) is 10.9. The van der Waals surface area contributed by atoms with E-state index in [-0.39, 0.29) is 17.8 Å². The Hall–Kier alpha value is -0.130. The predicted molar refractivity (Wildman–Crippen MR) is 50.7 cm³/mol. The van der Waals surface area contributed by atoms with Crippen LogP contribution in [-0.4, -0.2) is 25.0 Å². The lowest BCUT2D eigenvalue weighted by Gasteiger charge is -2.29. The molecule has 1 fully saturated rings. The monoisotopic (exact) mass is 207 g/mol. The van der Waals surface area contributed by atoms with Gasteiger partial charge in [0.25, 0.3) is 0 Å². The summed E-state index contributed by atoms with van der Waals surface area (Å²) < 4.78 is 22.5. The summed E-state index contributed by atoms with van der Waals surface area (Å²) in [6.07, 6.45) is 0.445. The lowest BCUT2D eigenvalue weighted by Crippen LogP contribution is -2.40. The van der Waals surface area contributed by atoms with E-state index in [0.29, 0.717) is 6.42 Å². The Bertz CT molecular complexity index is 284. The van der Waals surface area contributed by atoms with Crippen LogP contribution in [-0.2, 0) is 14.7 Å². The minimum absolute atomic E-state index is 0.00231. The summed E-state index contributed by atoms with van der Waals surface area (Å²) >= 11 is 0. The van der Waals surface area contributed by atoms with Crippen molar-refractivity contribution in [1.29, 1.82) is 0 Å². The zero-order valence-corrected chi connectivity index (χ0v) is 9.10. The van der Waals surface area contributed by atoms with Gasteiger partial charge in [-0.2, -0.15) is 0 Å². The van der Waals surface area contributed by atoms with Crippen molar-refractivity contribution in [3.8, 4) is 0 Å². The van der Waals surface area contributed by atoms with Gasteiger partial charge in [-0.3, -0.25) is 0 Å². The van der Waals surface area contributed by atoms with Crippen molar-refractivity contribution < 1.29 is 13.3 Å². The zero-order valence-electron chi connectivity index (χ0n) is 8.28. The Kier molecular flexibility index (Phi) is 2.71. The molecule has 5 heteroatoms. The van der Waals surface area contributed by atoms with Crippen LogP contribution in [0.3, 0.4) is 0 Å². The van der Waals surface area contributed by atoms with Crippen LogP contribution in [0.25, 0.3) is 0 Å². The average molecular weight is 207 g/mol. The molecule has 0 aromatic rings. The molecule has 0 aliphatic carbocycles. The van der Waals surface area contributed by atoms with Gasteiger partial charge < -0.3 is 4.84 Å². The summed E-state index contributed by atoms with van der Waals surface area (Å²) in [4.78, 5) is 4.70. The SMILES string of the molecule is CC(ON)C1CCS(=O)(=O)C1(C)C. The fraction of sp³-hybridized carbons (Fsp3) is 1.00. The molecule has 1 rings (SSSR count). The molecule has 0 aromatic carbocycles. The van der Waals surface area contributed by atoms with E-state index < -0.39 is 14.6 Å². The first-order valence-corrected chi connectivity index (χ1v) is 6.06. The Morgan fingerprint density at radius 2 is 2.08 bits per heavy atom. The van der Waals surface area contributed by atoms with E-state index in [4.69, 9.17) is 10.7 Å². The zero-order chi connectivity index (χ0) is 10.3. The molecule has 1 aliphatic heterocycles. The molecule has 0 bridgehead atoms. The number of nitrogens with two attached hydrogens (primary N) is 1. The van der Waals surface area contributed by atoms with Crippen molar-refractivity contribution in [2.24, 2.45) is 11.8 Å². The molecule has 0 radical (unpaired) electrons. The largest absolute Gasteiger partial charge is 0.301 e. The van der Waals surface area contributed by atoms with Crippen LogP contribution in [0.15, 0.2) is 0 Å². The second-order valence-corrected chi connectivity index (χ2v) is 6.85. The van der Waals surface area contributed by atoms with Gasteiger partial charge in [0.15, 0.2) is 9.84 Å². The maximum atomic E-state index is 11.6. The molecule has 2 atom stereocenters. The van der Waals surface area contributed by atoms with Gasteiger partial charge in [-0.1, -0.05) is 0 Å². The maximum absolute atomic E-state index is 11.6. The molecule has 1 saturated heterocycles. The highest BCUT2D eigenvalue weighted by Gasteiger charge is 2.49. The van der Waals surface area contributed by atoms with Gasteiger partial charge in [-0.15, -0.1) is 0 Å². The normalized spacial score (nSPS) is 33.1. The molecule has 0 amide bonds. The Morgan fingerprint density at radius 1 is 1.54 bits per heavy atom. The Labute approximate surface area is 79.3 Å². The van der Waals surface area contributed by atoms with Gasteiger partial charge in [-0.05, 0) is 27.2 Å². The summed E-state index contributed by atoms with van der Waals surface area (Å²) in [5.41, 5.74) is 0. The lowest BCUT2D eigenvalue weighted by molar-refractivity contribution is 0.0158. The molecule has 0 aromatic heterocycles. The molecule has 0 spiro atoms. The van der Waals surface area contributed by atoms with E-state index in [0.717, 1.165) is 0 Å². The highest BCUT2D eigenvalue weighted by atomic mass is 32.2. The van der Waals surface area contributed by atoms with Crippen molar-refractivity contribution in [2.45, 2.75) is 38.0 Å². The molecule has 2 unspecified atom stereocenters. The van der Waals surface area contributed by atoms with Crippen molar-refractivity contribution in [1.82, 2.24) is 0 Å². The number of rotatable bonds is 2. The van der Waals surface area contributed by atoms with Gasteiger partial charge >= 0.3 is 0 Å². The molecule has 13 heavy (non-hydrogen) atoms. The van der Waals surface area contributed by atoms with E-state index in [1.807, 2.05) is 6.92 Å². The summed E-state index contributed by atoms with van der Waals surface area (Å²) in [6.45, 7) is 5.30. The third-order valence-electron chi connectivity index (χ3n) is 3.17. The number of hydrogen-bond donors (Lipinski definition) is 1. The molecule has 0 saturated carbocycles. The van der Waals surface area contributed by atoms with Gasteiger partial charge in [0.05, 0.1) is 16.6 Å². The molecule has 78 valence electrons. The second-order valence-electron chi connectivity index (χ2n) is 4.16. The highest BCUT2D eigenvalue weighted by molar-refractivity contribution is 7.93. The molecular formula is C8H17NO3S. The minimum atomic E-state index is -2.96. The van der Waals surface area contributed by atoms with Gasteiger partial charge in [0.1, 0.15) is 0 Å². The third-order valence-corrected chi connectivity index (χ3v) is 5.85. The Balaban J connectivity index is 2.95. The molecule has 1 heterocycles.